The summed E-state index contributed by atoms with van der Waals surface area (Å²) in [7, 11) is 1.61. The Bertz CT molecular complexity index is 557. The Hall–Kier alpha value is -1.62. The van der Waals surface area contributed by atoms with E-state index in [9.17, 15) is 0 Å². The first-order valence-corrected chi connectivity index (χ1v) is 6.40. The third-order valence-electron chi connectivity index (χ3n) is 3.63. The number of fused-ring (bicyclic) bond motifs is 1. The number of hydrogen-bond donors (Lipinski definition) is 2. The monoisotopic (exact) mass is 246 g/mol. The first kappa shape index (κ1) is 11.5. The van der Waals surface area contributed by atoms with Gasteiger partial charge in [-0.2, -0.15) is 9.97 Å². The molecule has 2 N–H and O–H groups in total. The van der Waals surface area contributed by atoms with Gasteiger partial charge in [-0.1, -0.05) is 0 Å². The standard InChI is InChI=1S/C13H18N4O/c1-8-11-12(17-13(16-8)18-2)10(7-15-11)9-4-3-5-14-6-9/h7,9,14-15H,3-6H2,1-2H3. The van der Waals surface area contributed by atoms with Crippen LogP contribution in [0.1, 0.15) is 30.0 Å². The number of methoxy groups -OCH3 is 1. The molecule has 18 heavy (non-hydrogen) atoms. The Labute approximate surface area is 106 Å². The van der Waals surface area contributed by atoms with Crippen LogP contribution in [0.25, 0.3) is 11.0 Å². The zero-order valence-electron chi connectivity index (χ0n) is 10.8. The largest absolute Gasteiger partial charge is 0.467 e. The highest BCUT2D eigenvalue weighted by atomic mass is 16.5. The second kappa shape index (κ2) is 4.57. The summed E-state index contributed by atoms with van der Waals surface area (Å²) in [5.74, 6) is 0.534. The van der Waals surface area contributed by atoms with Crippen LogP contribution in [0.2, 0.25) is 0 Å². The molecule has 1 atom stereocenters. The normalized spacial score (nSPS) is 20.2. The van der Waals surface area contributed by atoms with Gasteiger partial charge in [-0.05, 0) is 26.3 Å². The number of H-pyrrole nitrogens is 1. The summed E-state index contributed by atoms with van der Waals surface area (Å²) in [6.07, 6.45) is 4.51. The van der Waals surface area contributed by atoms with Crippen LogP contribution < -0.4 is 10.1 Å². The molecule has 0 saturated carbocycles. The fraction of sp³-hybridized carbons (Fsp3) is 0.538. The molecule has 0 aliphatic carbocycles. The number of hydrogen-bond acceptors (Lipinski definition) is 4. The summed E-state index contributed by atoms with van der Waals surface area (Å²) in [6.45, 7) is 4.13. The lowest BCUT2D eigenvalue weighted by molar-refractivity contribution is 0.380. The third-order valence-corrected chi connectivity index (χ3v) is 3.63. The smallest absolute Gasteiger partial charge is 0.317 e. The van der Waals surface area contributed by atoms with Gasteiger partial charge in [-0.15, -0.1) is 0 Å². The summed E-state index contributed by atoms with van der Waals surface area (Å²) < 4.78 is 5.16. The molecule has 2 aromatic rings. The van der Waals surface area contributed by atoms with Crippen molar-refractivity contribution in [2.75, 3.05) is 20.2 Å². The van der Waals surface area contributed by atoms with Gasteiger partial charge in [-0.3, -0.25) is 0 Å². The molecule has 96 valence electrons. The van der Waals surface area contributed by atoms with Crippen LogP contribution in [0, 0.1) is 6.92 Å². The second-order valence-corrected chi connectivity index (χ2v) is 4.81. The minimum Gasteiger partial charge on any atom is -0.467 e. The number of piperidine rings is 1. The van der Waals surface area contributed by atoms with Crippen molar-refractivity contribution in [1.29, 1.82) is 0 Å². The SMILES string of the molecule is COc1nc(C)c2[nH]cc(C3CCCNC3)c2n1. The van der Waals surface area contributed by atoms with Crippen molar-refractivity contribution in [2.24, 2.45) is 0 Å². The average Bonchev–Trinajstić information content (AvgIpc) is 2.84. The van der Waals surface area contributed by atoms with Crippen LogP contribution in [0.3, 0.4) is 0 Å². The van der Waals surface area contributed by atoms with Crippen molar-refractivity contribution in [2.45, 2.75) is 25.7 Å². The molecule has 0 aromatic carbocycles. The minimum atomic E-state index is 0.449. The molecule has 1 aliphatic rings. The fourth-order valence-electron chi connectivity index (χ4n) is 2.67. The van der Waals surface area contributed by atoms with Crippen LogP contribution in [0.4, 0.5) is 0 Å². The van der Waals surface area contributed by atoms with E-state index in [-0.39, 0.29) is 0 Å². The molecule has 5 heteroatoms. The first-order valence-electron chi connectivity index (χ1n) is 6.40. The Morgan fingerprint density at radius 1 is 1.39 bits per heavy atom. The van der Waals surface area contributed by atoms with Crippen LogP contribution in [0.15, 0.2) is 6.20 Å². The molecule has 0 amide bonds. The average molecular weight is 246 g/mol. The van der Waals surface area contributed by atoms with Crippen molar-refractivity contribution in [1.82, 2.24) is 20.3 Å². The van der Waals surface area contributed by atoms with Crippen molar-refractivity contribution >= 4 is 11.0 Å². The molecule has 1 saturated heterocycles. The summed E-state index contributed by atoms with van der Waals surface area (Å²) in [5.41, 5.74) is 4.25. The van der Waals surface area contributed by atoms with Gasteiger partial charge in [0.05, 0.1) is 23.8 Å². The minimum absolute atomic E-state index is 0.449. The van der Waals surface area contributed by atoms with E-state index in [2.05, 4.69) is 26.5 Å². The molecule has 2 aromatic heterocycles. The molecule has 1 fully saturated rings. The maximum absolute atomic E-state index is 5.16. The molecule has 1 unspecified atom stereocenters. The third kappa shape index (κ3) is 1.84. The molecular weight excluding hydrogens is 228 g/mol. The summed E-state index contributed by atoms with van der Waals surface area (Å²) >= 11 is 0. The lowest BCUT2D eigenvalue weighted by Gasteiger charge is -2.22. The van der Waals surface area contributed by atoms with Crippen LogP contribution in [-0.4, -0.2) is 35.2 Å². The molecule has 3 rings (SSSR count). The molecule has 0 bridgehead atoms. The fourth-order valence-corrected chi connectivity index (χ4v) is 2.67. The maximum atomic E-state index is 5.16. The highest BCUT2D eigenvalue weighted by Gasteiger charge is 2.20. The van der Waals surface area contributed by atoms with Gasteiger partial charge in [-0.25, -0.2) is 0 Å². The zero-order valence-corrected chi connectivity index (χ0v) is 10.8. The van der Waals surface area contributed by atoms with E-state index < -0.39 is 0 Å². The zero-order chi connectivity index (χ0) is 12.5. The summed E-state index contributed by atoms with van der Waals surface area (Å²) in [4.78, 5) is 12.1. The molecule has 3 heterocycles. The Morgan fingerprint density at radius 3 is 3.00 bits per heavy atom. The number of aryl methyl sites for hydroxylation is 1. The van der Waals surface area contributed by atoms with Gasteiger partial charge in [0.15, 0.2) is 0 Å². The van der Waals surface area contributed by atoms with Crippen LogP contribution in [0.5, 0.6) is 6.01 Å². The number of nitrogens with zero attached hydrogens (tertiary/aromatic N) is 2. The van der Waals surface area contributed by atoms with Crippen molar-refractivity contribution < 1.29 is 4.74 Å². The molecule has 0 spiro atoms. The van der Waals surface area contributed by atoms with E-state index in [0.29, 0.717) is 11.9 Å². The lowest BCUT2D eigenvalue weighted by atomic mass is 9.93. The number of nitrogens with one attached hydrogen (secondary N) is 2. The van der Waals surface area contributed by atoms with E-state index >= 15 is 0 Å². The van der Waals surface area contributed by atoms with Gasteiger partial charge < -0.3 is 15.0 Å². The maximum Gasteiger partial charge on any atom is 0.317 e. The number of rotatable bonds is 2. The van der Waals surface area contributed by atoms with Gasteiger partial charge in [0.25, 0.3) is 0 Å². The molecule has 5 nitrogen and oxygen atoms in total. The second-order valence-electron chi connectivity index (χ2n) is 4.81. The van der Waals surface area contributed by atoms with E-state index in [4.69, 9.17) is 4.74 Å². The topological polar surface area (TPSA) is 62.8 Å². The van der Waals surface area contributed by atoms with Gasteiger partial charge >= 0.3 is 6.01 Å². The Kier molecular flexibility index (Phi) is 2.91. The molecule has 1 aliphatic heterocycles. The van der Waals surface area contributed by atoms with Crippen molar-refractivity contribution in [3.63, 3.8) is 0 Å². The van der Waals surface area contributed by atoms with Gasteiger partial charge in [0.1, 0.15) is 0 Å². The van der Waals surface area contributed by atoms with E-state index in [1.165, 1.54) is 18.4 Å². The van der Waals surface area contributed by atoms with E-state index in [0.717, 1.165) is 29.8 Å². The summed E-state index contributed by atoms with van der Waals surface area (Å²) in [6, 6.07) is 0.449. The number of aromatic amines is 1. The first-order chi connectivity index (χ1) is 8.79. The quantitative estimate of drug-likeness (QED) is 0.847. The molecular formula is C13H18N4O. The van der Waals surface area contributed by atoms with Crippen molar-refractivity contribution in [3.8, 4) is 6.01 Å². The number of ether oxygens (including phenoxy) is 1. The Morgan fingerprint density at radius 2 is 2.28 bits per heavy atom. The number of aromatic nitrogens is 3. The molecule has 0 radical (unpaired) electrons. The van der Waals surface area contributed by atoms with Crippen molar-refractivity contribution in [3.05, 3.63) is 17.5 Å². The lowest BCUT2D eigenvalue weighted by Crippen LogP contribution is -2.28. The highest BCUT2D eigenvalue weighted by Crippen LogP contribution is 2.30. The van der Waals surface area contributed by atoms with Gasteiger partial charge in [0.2, 0.25) is 0 Å². The summed E-state index contributed by atoms with van der Waals surface area (Å²) in [5, 5.41) is 3.44. The predicted molar refractivity (Wildman–Crippen MR) is 70.0 cm³/mol. The van der Waals surface area contributed by atoms with E-state index in [1.807, 2.05) is 6.92 Å². The van der Waals surface area contributed by atoms with Gasteiger partial charge in [0, 0.05) is 24.2 Å². The Balaban J connectivity index is 2.09. The van der Waals surface area contributed by atoms with Crippen LogP contribution in [-0.2, 0) is 0 Å². The predicted octanol–water partition coefficient (Wildman–Crippen LogP) is 1.74. The van der Waals surface area contributed by atoms with Crippen LogP contribution >= 0.6 is 0 Å². The highest BCUT2D eigenvalue weighted by molar-refractivity contribution is 5.81. The van der Waals surface area contributed by atoms with E-state index in [1.54, 1.807) is 7.11 Å².